The molecule has 0 bridgehead atoms. The monoisotopic (exact) mass is 529 g/mol. The standard InChI is InChI=1S/C19H17ClF4INO2/c20-19(23,24)18(21,22)11-15(25)12-26(16-9-5-2-6-10-16)17(27)28-13-14-7-3-1-4-8-14/h1-10,15H,11-13H2. The Hall–Kier alpha value is -1.55. The fourth-order valence-corrected chi connectivity index (χ4v) is 3.37. The molecule has 28 heavy (non-hydrogen) atoms. The van der Waals surface area contributed by atoms with Crippen LogP contribution in [-0.4, -0.2) is 27.9 Å². The van der Waals surface area contributed by atoms with Crippen molar-refractivity contribution in [1.82, 2.24) is 0 Å². The third-order valence-corrected chi connectivity index (χ3v) is 4.88. The first kappa shape index (κ1) is 22.7. The van der Waals surface area contributed by atoms with E-state index in [9.17, 15) is 22.4 Å². The number of nitrogens with zero attached hydrogens (tertiary/aromatic N) is 1. The Morgan fingerprint density at radius 1 is 1.04 bits per heavy atom. The van der Waals surface area contributed by atoms with Crippen molar-refractivity contribution in [3.8, 4) is 0 Å². The number of rotatable bonds is 8. The molecule has 1 amide bonds. The smallest absolute Gasteiger partial charge is 0.414 e. The Morgan fingerprint density at radius 3 is 2.11 bits per heavy atom. The van der Waals surface area contributed by atoms with Gasteiger partial charge in [-0.25, -0.2) is 4.79 Å². The number of anilines is 1. The number of carbonyl (C=O) groups excluding carboxylic acids is 1. The molecule has 0 radical (unpaired) electrons. The van der Waals surface area contributed by atoms with Gasteiger partial charge >= 0.3 is 17.4 Å². The average Bonchev–Trinajstić information content (AvgIpc) is 2.64. The lowest BCUT2D eigenvalue weighted by Crippen LogP contribution is -2.42. The maximum atomic E-state index is 13.6. The zero-order chi connectivity index (χ0) is 20.8. The van der Waals surface area contributed by atoms with Gasteiger partial charge in [0, 0.05) is 22.6 Å². The Kier molecular flexibility index (Phi) is 7.94. The highest BCUT2D eigenvalue weighted by Gasteiger charge is 2.55. The van der Waals surface area contributed by atoms with Crippen LogP contribution in [0.1, 0.15) is 12.0 Å². The van der Waals surface area contributed by atoms with Gasteiger partial charge in [-0.1, -0.05) is 71.1 Å². The Labute approximate surface area is 178 Å². The molecule has 0 N–H and O–H groups in total. The minimum absolute atomic E-state index is 0.00910. The van der Waals surface area contributed by atoms with Crippen LogP contribution in [0, 0.1) is 0 Å². The molecule has 0 aromatic heterocycles. The molecule has 1 atom stereocenters. The first-order valence-electron chi connectivity index (χ1n) is 8.22. The summed E-state index contributed by atoms with van der Waals surface area (Å²) in [5.74, 6) is -4.41. The van der Waals surface area contributed by atoms with Crippen molar-refractivity contribution in [2.24, 2.45) is 0 Å². The average molecular weight is 530 g/mol. The first-order chi connectivity index (χ1) is 13.1. The number of benzene rings is 2. The molecule has 0 fully saturated rings. The van der Waals surface area contributed by atoms with Gasteiger partial charge < -0.3 is 4.74 Å². The number of hydrogen-bond acceptors (Lipinski definition) is 2. The highest BCUT2D eigenvalue weighted by atomic mass is 127. The van der Waals surface area contributed by atoms with Crippen LogP contribution in [0.15, 0.2) is 60.7 Å². The van der Waals surface area contributed by atoms with Gasteiger partial charge in [-0.05, 0) is 29.3 Å². The summed E-state index contributed by atoms with van der Waals surface area (Å²) in [7, 11) is 0. The van der Waals surface area contributed by atoms with Crippen LogP contribution in [0.2, 0.25) is 0 Å². The van der Waals surface area contributed by atoms with Crippen LogP contribution in [0.4, 0.5) is 28.0 Å². The molecular weight excluding hydrogens is 513 g/mol. The summed E-state index contributed by atoms with van der Waals surface area (Å²) < 4.78 is 57.2. The Morgan fingerprint density at radius 2 is 1.57 bits per heavy atom. The van der Waals surface area contributed by atoms with Crippen LogP contribution in [0.3, 0.4) is 0 Å². The topological polar surface area (TPSA) is 29.5 Å². The second-order valence-corrected chi connectivity index (χ2v) is 8.23. The van der Waals surface area contributed by atoms with Crippen LogP contribution in [-0.2, 0) is 11.3 Å². The zero-order valence-electron chi connectivity index (χ0n) is 14.5. The minimum atomic E-state index is -4.66. The molecule has 0 aliphatic carbocycles. The lowest BCUT2D eigenvalue weighted by atomic mass is 10.1. The molecule has 0 aliphatic rings. The molecule has 0 saturated carbocycles. The van der Waals surface area contributed by atoms with Crippen LogP contribution in [0.25, 0.3) is 0 Å². The van der Waals surface area contributed by atoms with Gasteiger partial charge in [0.2, 0.25) is 0 Å². The number of carbonyl (C=O) groups is 1. The first-order valence-corrected chi connectivity index (χ1v) is 9.84. The lowest BCUT2D eigenvalue weighted by molar-refractivity contribution is -0.159. The van der Waals surface area contributed by atoms with E-state index < -0.39 is 27.7 Å². The predicted molar refractivity (Wildman–Crippen MR) is 109 cm³/mol. The van der Waals surface area contributed by atoms with Crippen molar-refractivity contribution in [3.05, 3.63) is 66.2 Å². The van der Waals surface area contributed by atoms with Gasteiger partial charge in [0.1, 0.15) is 6.61 Å². The van der Waals surface area contributed by atoms with E-state index in [-0.39, 0.29) is 13.2 Å². The van der Waals surface area contributed by atoms with Gasteiger partial charge in [-0.2, -0.15) is 17.6 Å². The summed E-state index contributed by atoms with van der Waals surface area (Å²) in [5, 5.41) is -4.66. The number of halogens is 6. The quantitative estimate of drug-likeness (QED) is 0.222. The lowest BCUT2D eigenvalue weighted by Gasteiger charge is -2.28. The van der Waals surface area contributed by atoms with Crippen LogP contribution < -0.4 is 4.90 Å². The highest BCUT2D eigenvalue weighted by molar-refractivity contribution is 14.1. The summed E-state index contributed by atoms with van der Waals surface area (Å²) in [5.41, 5.74) is 1.16. The Bertz CT molecular complexity index is 760. The molecule has 152 valence electrons. The van der Waals surface area contributed by atoms with E-state index >= 15 is 0 Å². The van der Waals surface area contributed by atoms with E-state index in [1.54, 1.807) is 77.2 Å². The van der Waals surface area contributed by atoms with Crippen molar-refractivity contribution < 1.29 is 27.1 Å². The second-order valence-electron chi connectivity index (χ2n) is 5.99. The molecule has 2 aromatic rings. The van der Waals surface area contributed by atoms with E-state index in [4.69, 9.17) is 4.74 Å². The van der Waals surface area contributed by atoms with Crippen molar-refractivity contribution in [2.45, 2.75) is 28.3 Å². The number of hydrogen-bond donors (Lipinski definition) is 0. The largest absolute Gasteiger partial charge is 0.444 e. The second kappa shape index (κ2) is 9.78. The van der Waals surface area contributed by atoms with E-state index in [0.29, 0.717) is 5.69 Å². The number of para-hydroxylation sites is 1. The van der Waals surface area contributed by atoms with Gasteiger partial charge in [-0.15, -0.1) is 0 Å². The van der Waals surface area contributed by atoms with E-state index in [0.717, 1.165) is 10.5 Å². The Balaban J connectivity index is 2.10. The van der Waals surface area contributed by atoms with Crippen molar-refractivity contribution in [1.29, 1.82) is 0 Å². The van der Waals surface area contributed by atoms with Crippen molar-refractivity contribution in [3.63, 3.8) is 0 Å². The third kappa shape index (κ3) is 6.51. The third-order valence-electron chi connectivity index (χ3n) is 3.77. The van der Waals surface area contributed by atoms with Crippen LogP contribution in [0.5, 0.6) is 0 Å². The summed E-state index contributed by atoms with van der Waals surface area (Å²) >= 11 is 6.11. The molecule has 2 aromatic carbocycles. The molecule has 0 heterocycles. The molecule has 3 nitrogen and oxygen atoms in total. The summed E-state index contributed by atoms with van der Waals surface area (Å²) in [6.45, 7) is -0.258. The fraction of sp³-hybridized carbons (Fsp3) is 0.316. The van der Waals surface area contributed by atoms with Gasteiger partial charge in [-0.3, -0.25) is 4.90 Å². The molecule has 1 unspecified atom stereocenters. The van der Waals surface area contributed by atoms with Gasteiger partial charge in [0.25, 0.3) is 0 Å². The number of alkyl halides is 6. The molecule has 2 rings (SSSR count). The van der Waals surface area contributed by atoms with E-state index in [2.05, 4.69) is 11.6 Å². The molecular formula is C19H17ClF4INO2. The van der Waals surface area contributed by atoms with E-state index in [1.165, 1.54) is 0 Å². The summed E-state index contributed by atoms with van der Waals surface area (Å²) in [4.78, 5) is 13.7. The maximum Gasteiger partial charge on any atom is 0.414 e. The molecule has 0 spiro atoms. The van der Waals surface area contributed by atoms with Gasteiger partial charge in [0.15, 0.2) is 0 Å². The van der Waals surface area contributed by atoms with Gasteiger partial charge in [0.05, 0.1) is 0 Å². The van der Waals surface area contributed by atoms with Crippen molar-refractivity contribution >= 4 is 46.0 Å². The number of ether oxygens (including phenoxy) is 1. The maximum absolute atomic E-state index is 13.6. The molecule has 0 saturated heterocycles. The fourth-order valence-electron chi connectivity index (χ4n) is 2.35. The predicted octanol–water partition coefficient (Wildman–Crippen LogP) is 6.49. The minimum Gasteiger partial charge on any atom is -0.444 e. The number of amides is 1. The SMILES string of the molecule is O=C(OCc1ccccc1)N(CC(I)CC(F)(F)C(F)(F)Cl)c1ccccc1. The highest BCUT2D eigenvalue weighted by Crippen LogP contribution is 2.42. The summed E-state index contributed by atoms with van der Waals surface area (Å²) in [6.07, 6.45) is -1.96. The summed E-state index contributed by atoms with van der Waals surface area (Å²) in [6, 6.07) is 17.2. The van der Waals surface area contributed by atoms with E-state index in [1.807, 2.05) is 6.07 Å². The normalized spacial score (nSPS) is 13.1. The van der Waals surface area contributed by atoms with Crippen molar-refractivity contribution in [2.75, 3.05) is 11.4 Å². The van der Waals surface area contributed by atoms with Crippen LogP contribution >= 0.6 is 34.2 Å². The molecule has 0 aliphatic heterocycles. The molecule has 9 heteroatoms. The zero-order valence-corrected chi connectivity index (χ0v) is 17.4.